The first-order valence-electron chi connectivity index (χ1n) is 16.5. The monoisotopic (exact) mass is 685 g/mol. The molecule has 1 saturated heterocycles. The van der Waals surface area contributed by atoms with Crippen molar-refractivity contribution in [3.8, 4) is 0 Å². The minimum atomic E-state index is -4.51. The summed E-state index contributed by atoms with van der Waals surface area (Å²) in [6.07, 6.45) is -1.21. The summed E-state index contributed by atoms with van der Waals surface area (Å²) >= 11 is 0. The number of hydrogen-bond acceptors (Lipinski definition) is 10. The molecule has 0 bridgehead atoms. The van der Waals surface area contributed by atoms with Gasteiger partial charge in [0.05, 0.1) is 11.3 Å². The fourth-order valence-electron chi connectivity index (χ4n) is 6.82. The largest absolute Gasteiger partial charge is 0.504 e. The van der Waals surface area contributed by atoms with Crippen molar-refractivity contribution in [3.05, 3.63) is 52.2 Å². The van der Waals surface area contributed by atoms with E-state index in [9.17, 15) is 32.7 Å². The van der Waals surface area contributed by atoms with E-state index in [0.29, 0.717) is 42.4 Å². The zero-order chi connectivity index (χ0) is 35.4. The number of allylic oxidation sites excluding steroid dienone is 2. The summed E-state index contributed by atoms with van der Waals surface area (Å²) in [6.45, 7) is 8.10. The molecule has 264 valence electrons. The highest BCUT2D eigenvalue weighted by molar-refractivity contribution is 6.44. The zero-order valence-corrected chi connectivity index (χ0v) is 28.3. The number of amides is 3. The third kappa shape index (κ3) is 6.05. The Hall–Kier alpha value is -4.76. The van der Waals surface area contributed by atoms with Crippen LogP contribution in [0.3, 0.4) is 0 Å². The van der Waals surface area contributed by atoms with E-state index in [2.05, 4.69) is 15.7 Å². The number of amidine groups is 1. The van der Waals surface area contributed by atoms with Crippen LogP contribution in [-0.4, -0.2) is 111 Å². The van der Waals surface area contributed by atoms with Gasteiger partial charge >= 0.3 is 6.18 Å². The molecule has 0 radical (unpaired) electrons. The first kappa shape index (κ1) is 34.1. The van der Waals surface area contributed by atoms with Crippen molar-refractivity contribution in [2.75, 3.05) is 51.8 Å². The molecule has 2 fully saturated rings. The van der Waals surface area contributed by atoms with Crippen LogP contribution in [-0.2, 0) is 20.6 Å². The Morgan fingerprint density at radius 3 is 2.43 bits per heavy atom. The number of anilines is 1. The van der Waals surface area contributed by atoms with E-state index in [1.54, 1.807) is 35.6 Å². The molecule has 49 heavy (non-hydrogen) atoms. The maximum Gasteiger partial charge on any atom is 0.416 e. The van der Waals surface area contributed by atoms with Crippen molar-refractivity contribution in [1.29, 1.82) is 0 Å². The number of halogens is 3. The van der Waals surface area contributed by atoms with Crippen LogP contribution in [0.5, 0.6) is 0 Å². The van der Waals surface area contributed by atoms with Crippen LogP contribution >= 0.6 is 0 Å². The van der Waals surface area contributed by atoms with E-state index in [0.717, 1.165) is 31.4 Å². The number of carbonyl (C=O) groups excluding carboxylic acids is 3. The molecule has 0 aromatic heterocycles. The molecular formula is C33H42F3N9O4. The van der Waals surface area contributed by atoms with Gasteiger partial charge in [0.25, 0.3) is 11.8 Å². The van der Waals surface area contributed by atoms with Crippen molar-refractivity contribution >= 4 is 35.0 Å². The molecule has 1 saturated carbocycles. The lowest BCUT2D eigenvalue weighted by Crippen LogP contribution is -2.67. The number of aliphatic imine (C=N–C) groups is 2. The fourth-order valence-corrected chi connectivity index (χ4v) is 6.82. The topological polar surface area (TPSA) is 136 Å². The molecule has 5 aliphatic rings. The van der Waals surface area contributed by atoms with Crippen LogP contribution in [0.1, 0.15) is 57.6 Å². The third-order valence-electron chi connectivity index (χ3n) is 10.1. The SMILES string of the molecule is CCC1=C(N2CCN(C(=O)C3=NCN(C)C(C)=C3O)CC2)C(=O)N2NC(C3CCC3)=NC2(C)N1CC(=O)Nc1ccc(C(F)(F)F)cc1C. The number of carbonyl (C=O) groups is 3. The number of nitrogens with one attached hydrogen (secondary N) is 2. The highest BCUT2D eigenvalue weighted by Crippen LogP contribution is 2.41. The predicted octanol–water partition coefficient (Wildman–Crippen LogP) is 3.39. The molecule has 1 aromatic carbocycles. The number of aliphatic hydroxyl groups excluding tert-OH is 1. The number of hydrogen-bond donors (Lipinski definition) is 3. The summed E-state index contributed by atoms with van der Waals surface area (Å²) in [5.74, 6) is -1.73. The Bertz CT molecular complexity index is 1690. The average Bonchev–Trinajstić information content (AvgIpc) is 3.38. The second-order valence-corrected chi connectivity index (χ2v) is 13.2. The molecule has 13 nitrogen and oxygen atoms in total. The van der Waals surface area contributed by atoms with E-state index in [-0.39, 0.29) is 66.8 Å². The van der Waals surface area contributed by atoms with Gasteiger partial charge in [0.15, 0.2) is 11.5 Å². The van der Waals surface area contributed by atoms with Crippen molar-refractivity contribution in [2.45, 2.75) is 65.3 Å². The third-order valence-corrected chi connectivity index (χ3v) is 10.1. The molecule has 1 atom stereocenters. The standard InChI is InChI=1S/C33H42F3N9O4/c1-6-24-27(42-12-14-43(15-13-42)30(48)26-28(47)20(3)41(5)18-37-26)31(49)45-32(4,39-29(40-45)21-8-7-9-21)44(24)17-25(46)38-23-11-10-22(16-19(23)2)33(34,35)36/h10-11,16,21,47H,6-9,12-15,17-18H2,1-5H3,(H,38,46)(H,39,40). The number of fused-ring (bicyclic) bond motifs is 1. The van der Waals surface area contributed by atoms with Gasteiger partial charge in [0, 0.05) is 57.5 Å². The van der Waals surface area contributed by atoms with Gasteiger partial charge in [-0.15, -0.1) is 0 Å². The molecule has 3 amide bonds. The van der Waals surface area contributed by atoms with Crippen molar-refractivity contribution < 1.29 is 32.7 Å². The molecular weight excluding hydrogens is 643 g/mol. The van der Waals surface area contributed by atoms with Crippen LogP contribution in [0.4, 0.5) is 18.9 Å². The van der Waals surface area contributed by atoms with Crippen LogP contribution in [0.2, 0.25) is 0 Å². The van der Waals surface area contributed by atoms with Gasteiger partial charge in [-0.05, 0) is 56.9 Å². The smallest absolute Gasteiger partial charge is 0.416 e. The first-order chi connectivity index (χ1) is 23.1. The number of nitrogens with zero attached hydrogens (tertiary/aromatic N) is 7. The lowest BCUT2D eigenvalue weighted by Gasteiger charge is -2.50. The summed E-state index contributed by atoms with van der Waals surface area (Å²) in [5.41, 5.74) is 4.52. The van der Waals surface area contributed by atoms with Crippen molar-refractivity contribution in [1.82, 2.24) is 30.0 Å². The second kappa shape index (κ2) is 12.6. The molecule has 1 aliphatic carbocycles. The Balaban J connectivity index is 1.26. The van der Waals surface area contributed by atoms with E-state index < -0.39 is 23.4 Å². The quantitative estimate of drug-likeness (QED) is 0.398. The second-order valence-electron chi connectivity index (χ2n) is 13.2. The summed E-state index contributed by atoms with van der Waals surface area (Å²) in [7, 11) is 1.78. The molecule has 1 aromatic rings. The Labute approximate surface area is 282 Å². The zero-order valence-electron chi connectivity index (χ0n) is 28.3. The molecule has 0 spiro atoms. The molecule has 6 rings (SSSR count). The lowest BCUT2D eigenvalue weighted by atomic mass is 9.84. The predicted molar refractivity (Wildman–Crippen MR) is 176 cm³/mol. The Kier molecular flexibility index (Phi) is 8.77. The van der Waals surface area contributed by atoms with Crippen molar-refractivity contribution in [3.63, 3.8) is 0 Å². The normalized spacial score (nSPS) is 23.3. The van der Waals surface area contributed by atoms with Crippen LogP contribution in [0.15, 0.2) is 51.0 Å². The number of rotatable bonds is 7. The summed E-state index contributed by atoms with van der Waals surface area (Å²) in [6, 6.07) is 3.16. The number of aliphatic hydroxyl groups is 1. The Morgan fingerprint density at radius 1 is 1.14 bits per heavy atom. The van der Waals surface area contributed by atoms with Gasteiger partial charge in [-0.2, -0.15) is 13.2 Å². The summed E-state index contributed by atoms with van der Waals surface area (Å²) < 4.78 is 39.8. The van der Waals surface area contributed by atoms with E-state index >= 15 is 0 Å². The van der Waals surface area contributed by atoms with E-state index in [1.165, 1.54) is 18.0 Å². The van der Waals surface area contributed by atoms with Gasteiger partial charge < -0.3 is 30.0 Å². The number of hydrazine groups is 1. The van der Waals surface area contributed by atoms with Gasteiger partial charge in [-0.3, -0.25) is 24.8 Å². The highest BCUT2D eigenvalue weighted by atomic mass is 19.4. The number of alkyl halides is 3. The lowest BCUT2D eigenvalue weighted by molar-refractivity contribution is -0.150. The van der Waals surface area contributed by atoms with Crippen LogP contribution in [0.25, 0.3) is 0 Å². The van der Waals surface area contributed by atoms with Crippen LogP contribution in [0, 0.1) is 12.8 Å². The molecule has 4 heterocycles. The van der Waals surface area contributed by atoms with Gasteiger partial charge in [0.1, 0.15) is 24.7 Å². The highest BCUT2D eigenvalue weighted by Gasteiger charge is 2.54. The maximum atomic E-state index is 14.3. The minimum absolute atomic E-state index is 0.0180. The van der Waals surface area contributed by atoms with E-state index in [4.69, 9.17) is 4.99 Å². The number of benzene rings is 1. The van der Waals surface area contributed by atoms with E-state index in [1.807, 2.05) is 11.8 Å². The van der Waals surface area contributed by atoms with Gasteiger partial charge in [-0.25, -0.2) is 10.0 Å². The molecule has 4 aliphatic heterocycles. The average molecular weight is 686 g/mol. The number of aryl methyl sites for hydroxylation is 1. The molecule has 3 N–H and O–H groups in total. The van der Waals surface area contributed by atoms with Crippen molar-refractivity contribution in [2.24, 2.45) is 15.9 Å². The van der Waals surface area contributed by atoms with Gasteiger partial charge in [-0.1, -0.05) is 13.3 Å². The Morgan fingerprint density at radius 2 is 1.84 bits per heavy atom. The maximum absolute atomic E-state index is 14.3. The van der Waals surface area contributed by atoms with Crippen LogP contribution < -0.4 is 10.7 Å². The summed E-state index contributed by atoms with van der Waals surface area (Å²) in [4.78, 5) is 57.6. The van der Waals surface area contributed by atoms with Gasteiger partial charge in [0.2, 0.25) is 11.7 Å². The first-order valence-corrected chi connectivity index (χ1v) is 16.5. The molecule has 1 unspecified atom stereocenters. The number of piperazine rings is 1. The fraction of sp³-hybridized carbons (Fsp3) is 0.545. The summed E-state index contributed by atoms with van der Waals surface area (Å²) in [5, 5.41) is 14.8. The molecule has 16 heteroatoms. The minimum Gasteiger partial charge on any atom is -0.504 e.